The molecule has 1 N–H and O–H groups in total. The van der Waals surface area contributed by atoms with Gasteiger partial charge in [0, 0.05) is 7.11 Å². The van der Waals surface area contributed by atoms with E-state index in [4.69, 9.17) is 19.3 Å². The Labute approximate surface area is 235 Å². The molecule has 7 nitrogen and oxygen atoms in total. The van der Waals surface area contributed by atoms with Crippen molar-refractivity contribution in [2.45, 2.75) is 32.2 Å². The van der Waals surface area contributed by atoms with Crippen LogP contribution < -0.4 is 4.74 Å². The lowest BCUT2D eigenvalue weighted by Gasteiger charge is -2.26. The van der Waals surface area contributed by atoms with Gasteiger partial charge in [-0.05, 0) is 60.7 Å². The van der Waals surface area contributed by atoms with Crippen LogP contribution in [0.15, 0.2) is 93.5 Å². The molecule has 0 aromatic heterocycles. The molecule has 0 spiro atoms. The summed E-state index contributed by atoms with van der Waals surface area (Å²) in [4.78, 5) is 3.42. The molecular weight excluding hydrogens is 602 g/mol. The summed E-state index contributed by atoms with van der Waals surface area (Å²) < 4.78 is 116. The third-order valence-corrected chi connectivity index (χ3v) is 8.10. The van der Waals surface area contributed by atoms with Crippen molar-refractivity contribution >= 4 is 21.0 Å². The summed E-state index contributed by atoms with van der Waals surface area (Å²) in [5, 5.41) is 2.02. The van der Waals surface area contributed by atoms with Gasteiger partial charge in [-0.3, -0.25) is 0 Å². The van der Waals surface area contributed by atoms with Gasteiger partial charge in [-0.2, -0.15) is 22.0 Å². The van der Waals surface area contributed by atoms with Crippen molar-refractivity contribution in [1.29, 1.82) is 0 Å². The van der Waals surface area contributed by atoms with Crippen LogP contribution in [0.1, 0.15) is 0 Å². The summed E-state index contributed by atoms with van der Waals surface area (Å²) in [7, 11) is -5.19. The highest BCUT2D eigenvalue weighted by atomic mass is 32.2. The maximum Gasteiger partial charge on any atom is 0.421 e. The van der Waals surface area contributed by atoms with Crippen LogP contribution in [0, 0.1) is 5.82 Å². The monoisotopic (exact) mass is 628 g/mol. The standard InChI is InChI=1S/C23H24FO3S.C3H3F5O4S/c1-25-15-16-26-17-18-27-20-9-13-23(14-10-20)28(21-5-3-2-4-6-21)22-11-7-19(24)8-12-22;4-2(5,6)1(9)3(7,8)13(10,11)12/h2-14H,15-18H2,1H3;1,9H,(H,10,11,12)/q+1;/p-1. The molecule has 0 aliphatic carbocycles. The summed E-state index contributed by atoms with van der Waals surface area (Å²) in [6, 6.07) is 25.1. The zero-order valence-corrected chi connectivity index (χ0v) is 23.0. The predicted molar refractivity (Wildman–Crippen MR) is 136 cm³/mol. The molecule has 0 heterocycles. The van der Waals surface area contributed by atoms with Crippen LogP contribution >= 0.6 is 0 Å². The molecule has 41 heavy (non-hydrogen) atoms. The van der Waals surface area contributed by atoms with Gasteiger partial charge in [-0.1, -0.05) is 18.2 Å². The molecule has 0 saturated heterocycles. The number of ether oxygens (including phenoxy) is 3. The molecule has 0 saturated carbocycles. The number of methoxy groups -OCH3 is 1. The first-order valence-electron chi connectivity index (χ1n) is 11.6. The van der Waals surface area contributed by atoms with E-state index in [0.717, 1.165) is 15.5 Å². The van der Waals surface area contributed by atoms with Gasteiger partial charge in [0.2, 0.25) is 6.10 Å². The van der Waals surface area contributed by atoms with Crippen LogP contribution in [-0.2, 0) is 30.5 Å². The summed E-state index contributed by atoms with van der Waals surface area (Å²) in [6.45, 7) is 2.16. The van der Waals surface area contributed by atoms with E-state index in [0.29, 0.717) is 26.4 Å². The minimum absolute atomic E-state index is 0.225. The molecule has 3 rings (SSSR count). The minimum atomic E-state index is -6.54. The molecule has 0 aliphatic rings. The van der Waals surface area contributed by atoms with E-state index in [1.165, 1.54) is 17.0 Å². The van der Waals surface area contributed by atoms with Crippen LogP contribution in [0.3, 0.4) is 0 Å². The summed E-state index contributed by atoms with van der Waals surface area (Å²) in [5.41, 5.74) is 0. The van der Waals surface area contributed by atoms with Crippen LogP contribution in [0.4, 0.5) is 26.3 Å². The zero-order chi connectivity index (χ0) is 30.7. The molecule has 0 aliphatic heterocycles. The van der Waals surface area contributed by atoms with Crippen molar-refractivity contribution in [1.82, 2.24) is 0 Å². The zero-order valence-electron chi connectivity index (χ0n) is 21.4. The highest BCUT2D eigenvalue weighted by molar-refractivity contribution is 7.97. The maximum absolute atomic E-state index is 13.4. The number of hydrogen-bond donors (Lipinski definition) is 1. The van der Waals surface area contributed by atoms with Crippen molar-refractivity contribution in [3.05, 3.63) is 84.7 Å². The van der Waals surface area contributed by atoms with Gasteiger partial charge in [0.15, 0.2) is 24.8 Å². The van der Waals surface area contributed by atoms with Gasteiger partial charge in [0.1, 0.15) is 18.2 Å². The van der Waals surface area contributed by atoms with E-state index in [1.807, 2.05) is 42.5 Å². The third kappa shape index (κ3) is 10.5. The molecule has 0 fully saturated rings. The maximum atomic E-state index is 13.4. The van der Waals surface area contributed by atoms with Crippen molar-refractivity contribution < 1.29 is 58.6 Å². The van der Waals surface area contributed by atoms with Gasteiger partial charge >= 0.3 is 11.4 Å². The van der Waals surface area contributed by atoms with Gasteiger partial charge in [0.05, 0.1) is 30.7 Å². The highest BCUT2D eigenvalue weighted by Crippen LogP contribution is 2.35. The Balaban J connectivity index is 0.000000383. The largest absolute Gasteiger partial charge is 0.743 e. The molecular formula is C26H26F6O7S2. The Morgan fingerprint density at radius 3 is 1.76 bits per heavy atom. The number of benzene rings is 3. The highest BCUT2D eigenvalue weighted by Gasteiger charge is 2.59. The Bertz CT molecular complexity index is 1290. The lowest BCUT2D eigenvalue weighted by Crippen LogP contribution is -2.49. The van der Waals surface area contributed by atoms with Crippen molar-refractivity contribution in [3.8, 4) is 5.75 Å². The summed E-state index contributed by atoms with van der Waals surface area (Å²) in [6.07, 6.45) is -10.4. The number of aliphatic hydroxyl groups excluding tert-OH is 1. The lowest BCUT2D eigenvalue weighted by atomic mass is 10.3. The smallest absolute Gasteiger partial charge is 0.421 e. The van der Waals surface area contributed by atoms with Crippen molar-refractivity contribution in [2.24, 2.45) is 0 Å². The molecule has 2 unspecified atom stereocenters. The summed E-state index contributed by atoms with van der Waals surface area (Å²) >= 11 is 0. The molecule has 0 bridgehead atoms. The second kappa shape index (κ2) is 15.4. The average Bonchev–Trinajstić information content (AvgIpc) is 2.92. The third-order valence-electron chi connectivity index (χ3n) is 4.98. The van der Waals surface area contributed by atoms with Crippen LogP contribution in [0.5, 0.6) is 5.75 Å². The quantitative estimate of drug-likeness (QED) is 0.130. The fourth-order valence-electron chi connectivity index (χ4n) is 3.00. The van der Waals surface area contributed by atoms with E-state index in [-0.39, 0.29) is 16.7 Å². The molecule has 2 atom stereocenters. The number of aliphatic hydroxyl groups is 1. The predicted octanol–water partition coefficient (Wildman–Crippen LogP) is 5.01. The van der Waals surface area contributed by atoms with Crippen molar-refractivity contribution in [2.75, 3.05) is 33.5 Å². The van der Waals surface area contributed by atoms with E-state index in [1.54, 1.807) is 7.11 Å². The second-order valence-electron chi connectivity index (χ2n) is 7.96. The average molecular weight is 629 g/mol. The Morgan fingerprint density at radius 1 is 0.805 bits per heavy atom. The van der Waals surface area contributed by atoms with E-state index in [2.05, 4.69) is 24.3 Å². The normalized spacial score (nSPS) is 13.6. The Hall–Kier alpha value is -2.82. The lowest BCUT2D eigenvalue weighted by molar-refractivity contribution is -0.248. The molecule has 3 aromatic carbocycles. The van der Waals surface area contributed by atoms with E-state index >= 15 is 0 Å². The van der Waals surface area contributed by atoms with Gasteiger partial charge in [-0.15, -0.1) is 0 Å². The molecule has 3 aromatic rings. The number of halogens is 6. The molecule has 15 heteroatoms. The molecule has 0 radical (unpaired) electrons. The van der Waals surface area contributed by atoms with Crippen molar-refractivity contribution in [3.63, 3.8) is 0 Å². The second-order valence-corrected chi connectivity index (χ2v) is 11.4. The Morgan fingerprint density at radius 2 is 1.29 bits per heavy atom. The van der Waals surface area contributed by atoms with Crippen LogP contribution in [0.25, 0.3) is 0 Å². The summed E-state index contributed by atoms with van der Waals surface area (Å²) in [5.74, 6) is 0.576. The Kier molecular flexibility index (Phi) is 12.9. The topological polar surface area (TPSA) is 105 Å². The van der Waals surface area contributed by atoms with Gasteiger partial charge in [0.25, 0.3) is 0 Å². The first-order chi connectivity index (χ1) is 19.2. The first-order valence-corrected chi connectivity index (χ1v) is 14.2. The van der Waals surface area contributed by atoms with Gasteiger partial charge < -0.3 is 23.9 Å². The first kappa shape index (κ1) is 34.4. The fourth-order valence-corrected chi connectivity index (χ4v) is 5.47. The van der Waals surface area contributed by atoms with E-state index < -0.39 is 27.7 Å². The van der Waals surface area contributed by atoms with Gasteiger partial charge in [-0.25, -0.2) is 12.8 Å². The number of rotatable bonds is 12. The minimum Gasteiger partial charge on any atom is -0.743 e. The number of alkyl halides is 5. The fraction of sp³-hybridized carbons (Fsp3) is 0.308. The van der Waals surface area contributed by atoms with E-state index in [9.17, 15) is 39.3 Å². The molecule has 226 valence electrons. The van der Waals surface area contributed by atoms with Crippen LogP contribution in [0.2, 0.25) is 0 Å². The SMILES string of the molecule is COCCOCCOc1ccc([S+](c2ccccc2)c2ccc(F)cc2)cc1.O=S(=O)([O-])C(F)(F)C(O)C(F)(F)F. The number of hydrogen-bond acceptors (Lipinski definition) is 7. The molecule has 0 amide bonds. The van der Waals surface area contributed by atoms with Crippen LogP contribution in [-0.4, -0.2) is 69.1 Å².